The Morgan fingerprint density at radius 1 is 1.27 bits per heavy atom. The van der Waals surface area contributed by atoms with Crippen LogP contribution in [0.3, 0.4) is 0 Å². The summed E-state index contributed by atoms with van der Waals surface area (Å²) in [6.07, 6.45) is 6.14. The molecule has 0 aromatic heterocycles. The predicted octanol–water partition coefficient (Wildman–Crippen LogP) is 3.70. The van der Waals surface area contributed by atoms with E-state index in [2.05, 4.69) is 19.2 Å². The third-order valence-electron chi connectivity index (χ3n) is 4.39. The summed E-state index contributed by atoms with van der Waals surface area (Å²) in [5, 5.41) is 2.94. The molecular weight excluding hydrogens is 355 g/mol. The van der Waals surface area contributed by atoms with E-state index in [4.69, 9.17) is 0 Å². The SMILES string of the molecule is CCCC[C@@H](CC)CNC(=O)CCCN(c1cccc(F)c1)S(C)(=O)=O. The fourth-order valence-corrected chi connectivity index (χ4v) is 3.75. The van der Waals surface area contributed by atoms with Crippen molar-refractivity contribution in [3.8, 4) is 0 Å². The van der Waals surface area contributed by atoms with E-state index in [0.717, 1.165) is 36.2 Å². The Bertz CT molecular complexity index is 665. The van der Waals surface area contributed by atoms with Crippen LogP contribution < -0.4 is 9.62 Å². The van der Waals surface area contributed by atoms with Crippen LogP contribution in [0, 0.1) is 11.7 Å². The molecule has 5 nitrogen and oxygen atoms in total. The van der Waals surface area contributed by atoms with Gasteiger partial charge in [-0.2, -0.15) is 0 Å². The summed E-state index contributed by atoms with van der Waals surface area (Å²) in [5.41, 5.74) is 0.276. The van der Waals surface area contributed by atoms with E-state index in [9.17, 15) is 17.6 Å². The molecule has 1 N–H and O–H groups in total. The zero-order chi connectivity index (χ0) is 19.6. The summed E-state index contributed by atoms with van der Waals surface area (Å²) in [7, 11) is -3.54. The summed E-state index contributed by atoms with van der Waals surface area (Å²) in [5.74, 6) is -0.0852. The van der Waals surface area contributed by atoms with Crippen LogP contribution in [0.25, 0.3) is 0 Å². The van der Waals surface area contributed by atoms with Crippen LogP contribution in [-0.4, -0.2) is 33.7 Å². The second-order valence-corrected chi connectivity index (χ2v) is 8.55. The van der Waals surface area contributed by atoms with Crippen molar-refractivity contribution in [3.05, 3.63) is 30.1 Å². The molecule has 148 valence electrons. The Labute approximate surface area is 157 Å². The third kappa shape index (κ3) is 8.17. The molecule has 0 unspecified atom stereocenters. The van der Waals surface area contributed by atoms with Gasteiger partial charge in [-0.3, -0.25) is 9.10 Å². The Hall–Kier alpha value is -1.63. The Kier molecular flexibility index (Phi) is 9.62. The van der Waals surface area contributed by atoms with Crippen molar-refractivity contribution >= 4 is 21.6 Å². The molecule has 0 saturated carbocycles. The fourth-order valence-electron chi connectivity index (χ4n) is 2.79. The van der Waals surface area contributed by atoms with Crippen molar-refractivity contribution in [1.82, 2.24) is 5.32 Å². The van der Waals surface area contributed by atoms with E-state index < -0.39 is 15.8 Å². The van der Waals surface area contributed by atoms with Crippen LogP contribution in [0.15, 0.2) is 24.3 Å². The standard InChI is InChI=1S/C19H31FN2O3S/c1-4-6-9-16(5-2)15-21-19(23)12-8-13-22(26(3,24)25)18-11-7-10-17(20)14-18/h7,10-11,14,16H,4-6,8-9,12-13,15H2,1-3H3,(H,21,23)/t16-/m1/s1. The lowest BCUT2D eigenvalue weighted by Gasteiger charge is -2.22. The first-order valence-corrected chi connectivity index (χ1v) is 11.1. The van der Waals surface area contributed by atoms with E-state index in [0.29, 0.717) is 18.9 Å². The topological polar surface area (TPSA) is 66.5 Å². The number of carbonyl (C=O) groups excluding carboxylic acids is 1. The molecule has 1 atom stereocenters. The molecule has 0 aliphatic rings. The normalized spacial score (nSPS) is 12.6. The quantitative estimate of drug-likeness (QED) is 0.595. The molecule has 0 heterocycles. The molecule has 1 amide bonds. The van der Waals surface area contributed by atoms with Crippen LogP contribution in [0.2, 0.25) is 0 Å². The first-order chi connectivity index (χ1) is 12.3. The van der Waals surface area contributed by atoms with Gasteiger partial charge in [0.05, 0.1) is 11.9 Å². The molecule has 0 aliphatic carbocycles. The number of benzene rings is 1. The fraction of sp³-hybridized carbons (Fsp3) is 0.632. The lowest BCUT2D eigenvalue weighted by molar-refractivity contribution is -0.121. The Morgan fingerprint density at radius 3 is 2.58 bits per heavy atom. The first-order valence-electron chi connectivity index (χ1n) is 9.27. The van der Waals surface area contributed by atoms with Gasteiger partial charge in [0.15, 0.2) is 0 Å². The van der Waals surface area contributed by atoms with Crippen LogP contribution in [0.4, 0.5) is 10.1 Å². The summed E-state index contributed by atoms with van der Waals surface area (Å²) in [6, 6.07) is 5.46. The highest BCUT2D eigenvalue weighted by atomic mass is 32.2. The maximum atomic E-state index is 13.4. The van der Waals surface area contributed by atoms with Crippen LogP contribution in [-0.2, 0) is 14.8 Å². The van der Waals surface area contributed by atoms with Gasteiger partial charge in [-0.25, -0.2) is 12.8 Å². The number of anilines is 1. The molecule has 0 saturated heterocycles. The van der Waals surface area contributed by atoms with Gasteiger partial charge in [0.25, 0.3) is 0 Å². The third-order valence-corrected chi connectivity index (χ3v) is 5.59. The van der Waals surface area contributed by atoms with Crippen molar-refractivity contribution in [1.29, 1.82) is 0 Å². The number of rotatable bonds is 12. The highest BCUT2D eigenvalue weighted by Gasteiger charge is 2.18. The van der Waals surface area contributed by atoms with Crippen molar-refractivity contribution in [2.24, 2.45) is 5.92 Å². The lowest BCUT2D eigenvalue weighted by atomic mass is 9.99. The number of unbranched alkanes of at least 4 members (excludes halogenated alkanes) is 1. The molecule has 1 aromatic rings. The molecule has 0 radical (unpaired) electrons. The number of hydrogen-bond donors (Lipinski definition) is 1. The summed E-state index contributed by atoms with van der Waals surface area (Å²) in [6.45, 7) is 5.07. The molecular formula is C19H31FN2O3S. The number of amides is 1. The van der Waals surface area contributed by atoms with Crippen molar-refractivity contribution in [2.45, 2.75) is 52.4 Å². The van der Waals surface area contributed by atoms with Crippen LogP contribution >= 0.6 is 0 Å². The van der Waals surface area contributed by atoms with Gasteiger partial charge < -0.3 is 5.32 Å². The molecule has 7 heteroatoms. The average molecular weight is 387 g/mol. The monoisotopic (exact) mass is 386 g/mol. The maximum Gasteiger partial charge on any atom is 0.232 e. The average Bonchev–Trinajstić information content (AvgIpc) is 2.57. The van der Waals surface area contributed by atoms with Crippen molar-refractivity contribution in [2.75, 3.05) is 23.7 Å². The first kappa shape index (κ1) is 22.4. The van der Waals surface area contributed by atoms with Gasteiger partial charge >= 0.3 is 0 Å². The van der Waals surface area contributed by atoms with E-state index in [1.807, 2.05) is 0 Å². The van der Waals surface area contributed by atoms with E-state index in [1.165, 1.54) is 18.2 Å². The summed E-state index contributed by atoms with van der Waals surface area (Å²) in [4.78, 5) is 12.0. The second-order valence-electron chi connectivity index (χ2n) is 6.64. The van der Waals surface area contributed by atoms with E-state index >= 15 is 0 Å². The van der Waals surface area contributed by atoms with Gasteiger partial charge in [0.1, 0.15) is 5.82 Å². The number of carbonyl (C=O) groups is 1. The zero-order valence-corrected chi connectivity index (χ0v) is 16.8. The van der Waals surface area contributed by atoms with Crippen molar-refractivity contribution < 1.29 is 17.6 Å². The van der Waals surface area contributed by atoms with Crippen molar-refractivity contribution in [3.63, 3.8) is 0 Å². The molecule has 1 rings (SSSR count). The van der Waals surface area contributed by atoms with Gasteiger partial charge in [0.2, 0.25) is 15.9 Å². The summed E-state index contributed by atoms with van der Waals surface area (Å²) < 4.78 is 38.5. The smallest absolute Gasteiger partial charge is 0.232 e. The minimum absolute atomic E-state index is 0.0763. The molecule has 26 heavy (non-hydrogen) atoms. The molecule has 0 bridgehead atoms. The maximum absolute atomic E-state index is 13.4. The van der Waals surface area contributed by atoms with Crippen LogP contribution in [0.5, 0.6) is 0 Å². The molecule has 1 aromatic carbocycles. The highest BCUT2D eigenvalue weighted by Crippen LogP contribution is 2.19. The molecule has 0 fully saturated rings. The van der Waals surface area contributed by atoms with E-state index in [1.54, 1.807) is 6.07 Å². The van der Waals surface area contributed by atoms with Crippen LogP contribution in [0.1, 0.15) is 52.4 Å². The minimum atomic E-state index is -3.54. The Balaban J connectivity index is 2.51. The van der Waals surface area contributed by atoms with E-state index in [-0.39, 0.29) is 24.6 Å². The number of halogens is 1. The molecule has 0 spiro atoms. The highest BCUT2D eigenvalue weighted by molar-refractivity contribution is 7.92. The van der Waals surface area contributed by atoms with Gasteiger partial charge in [-0.05, 0) is 37.0 Å². The lowest BCUT2D eigenvalue weighted by Crippen LogP contribution is -2.33. The summed E-state index contributed by atoms with van der Waals surface area (Å²) >= 11 is 0. The van der Waals surface area contributed by atoms with Gasteiger partial charge in [-0.15, -0.1) is 0 Å². The second kappa shape index (κ2) is 11.2. The van der Waals surface area contributed by atoms with Gasteiger partial charge in [0, 0.05) is 19.5 Å². The predicted molar refractivity (Wildman–Crippen MR) is 104 cm³/mol. The Morgan fingerprint density at radius 2 is 2.00 bits per heavy atom. The number of hydrogen-bond acceptors (Lipinski definition) is 3. The number of sulfonamides is 1. The zero-order valence-electron chi connectivity index (χ0n) is 16.0. The molecule has 0 aliphatic heterocycles. The largest absolute Gasteiger partial charge is 0.356 e. The number of nitrogens with one attached hydrogen (secondary N) is 1. The van der Waals surface area contributed by atoms with Gasteiger partial charge in [-0.1, -0.05) is 39.2 Å². The minimum Gasteiger partial charge on any atom is -0.356 e. The number of nitrogens with zero attached hydrogens (tertiary/aromatic N) is 1.